The zero-order valence-corrected chi connectivity index (χ0v) is 8.16. The molecule has 1 aliphatic heterocycles. The summed E-state index contributed by atoms with van der Waals surface area (Å²) < 4.78 is 0. The quantitative estimate of drug-likeness (QED) is 0.657. The number of benzene rings is 1. The normalized spacial score (nSPS) is 27.6. The van der Waals surface area contributed by atoms with Crippen LogP contribution >= 0.6 is 0 Å². The van der Waals surface area contributed by atoms with Crippen molar-refractivity contribution in [2.45, 2.75) is 37.3 Å². The first-order valence-corrected chi connectivity index (χ1v) is 5.37. The first-order chi connectivity index (χ1) is 6.82. The van der Waals surface area contributed by atoms with Gasteiger partial charge in [0.05, 0.1) is 5.54 Å². The number of anilines is 1. The summed E-state index contributed by atoms with van der Waals surface area (Å²) in [6.07, 6.45) is 4.36. The molecule has 1 saturated carbocycles. The van der Waals surface area contributed by atoms with Crippen LogP contribution in [0.25, 0.3) is 0 Å². The number of rotatable bonds is 0. The minimum atomic E-state index is -0.304. The molecule has 2 nitrogen and oxygen atoms in total. The van der Waals surface area contributed by atoms with Gasteiger partial charge in [-0.15, -0.1) is 0 Å². The van der Waals surface area contributed by atoms with Crippen LogP contribution in [0.1, 0.15) is 37.4 Å². The molecular formula is C12H15NO. The molecule has 0 bridgehead atoms. The summed E-state index contributed by atoms with van der Waals surface area (Å²) in [6.45, 7) is 0. The molecule has 1 aliphatic carbocycles. The minimum absolute atomic E-state index is 0.0380. The lowest BCUT2D eigenvalue weighted by Crippen LogP contribution is -2.36. The van der Waals surface area contributed by atoms with Crippen LogP contribution in [0.3, 0.4) is 0 Å². The van der Waals surface area contributed by atoms with Crippen molar-refractivity contribution in [3.8, 4) is 0 Å². The van der Waals surface area contributed by atoms with E-state index in [1.807, 2.05) is 18.2 Å². The number of hydrogen-bond acceptors (Lipinski definition) is 2. The number of hydrogen-bond donors (Lipinski definition) is 2. The van der Waals surface area contributed by atoms with Gasteiger partial charge in [0, 0.05) is 11.3 Å². The predicted molar refractivity (Wildman–Crippen MR) is 56.2 cm³/mol. The molecule has 2 aliphatic rings. The molecule has 0 amide bonds. The third-order valence-electron chi connectivity index (χ3n) is 3.66. The molecule has 0 saturated heterocycles. The Hall–Kier alpha value is -1.02. The number of nitrogens with one attached hydrogen (secondary N) is 1. The number of fused-ring (bicyclic) bond motifs is 1. The maximum atomic E-state index is 10.3. The second-order valence-electron chi connectivity index (χ2n) is 4.48. The van der Waals surface area contributed by atoms with Crippen molar-refractivity contribution in [2.75, 3.05) is 5.32 Å². The summed E-state index contributed by atoms with van der Waals surface area (Å²) in [6, 6.07) is 8.11. The monoisotopic (exact) mass is 189 g/mol. The minimum Gasteiger partial charge on any atom is -0.386 e. The first kappa shape index (κ1) is 8.30. The Morgan fingerprint density at radius 3 is 2.64 bits per heavy atom. The molecular weight excluding hydrogens is 174 g/mol. The van der Waals surface area contributed by atoms with Crippen LogP contribution in [-0.2, 0) is 0 Å². The second-order valence-corrected chi connectivity index (χ2v) is 4.48. The molecule has 0 aromatic heterocycles. The van der Waals surface area contributed by atoms with E-state index in [0.717, 1.165) is 24.1 Å². The van der Waals surface area contributed by atoms with Crippen LogP contribution in [0.2, 0.25) is 0 Å². The fourth-order valence-corrected chi connectivity index (χ4v) is 2.89. The standard InChI is InChI=1S/C12H15NO/c14-11-9-5-1-2-6-10(9)13-12(11)7-3-4-8-12/h1-2,5-6,11,13-14H,3-4,7-8H2. The van der Waals surface area contributed by atoms with Crippen molar-refractivity contribution in [3.63, 3.8) is 0 Å². The summed E-state index contributed by atoms with van der Waals surface area (Å²) in [5.41, 5.74) is 2.17. The van der Waals surface area contributed by atoms with Gasteiger partial charge in [-0.3, -0.25) is 0 Å². The highest BCUT2D eigenvalue weighted by atomic mass is 16.3. The highest BCUT2D eigenvalue weighted by molar-refractivity contribution is 5.60. The SMILES string of the molecule is OC1c2ccccc2NC12CCCC2. The topological polar surface area (TPSA) is 32.3 Å². The van der Waals surface area contributed by atoms with Gasteiger partial charge in [-0.1, -0.05) is 31.0 Å². The Kier molecular flexibility index (Phi) is 1.62. The first-order valence-electron chi connectivity index (χ1n) is 5.37. The van der Waals surface area contributed by atoms with Gasteiger partial charge >= 0.3 is 0 Å². The van der Waals surface area contributed by atoms with E-state index in [1.54, 1.807) is 0 Å². The van der Waals surface area contributed by atoms with Crippen molar-refractivity contribution >= 4 is 5.69 Å². The molecule has 14 heavy (non-hydrogen) atoms. The Bertz CT molecular complexity index is 355. The van der Waals surface area contributed by atoms with Crippen molar-refractivity contribution in [1.29, 1.82) is 0 Å². The molecule has 1 aromatic rings. The summed E-state index contributed by atoms with van der Waals surface area (Å²) in [7, 11) is 0. The van der Waals surface area contributed by atoms with Gasteiger partial charge in [0.1, 0.15) is 6.10 Å². The van der Waals surface area contributed by atoms with Crippen molar-refractivity contribution in [2.24, 2.45) is 0 Å². The molecule has 1 unspecified atom stereocenters. The van der Waals surface area contributed by atoms with E-state index < -0.39 is 0 Å². The van der Waals surface area contributed by atoms with E-state index in [1.165, 1.54) is 12.8 Å². The molecule has 1 heterocycles. The third-order valence-corrected chi connectivity index (χ3v) is 3.66. The fraction of sp³-hybridized carbons (Fsp3) is 0.500. The average molecular weight is 189 g/mol. The Labute approximate surface area is 84.0 Å². The lowest BCUT2D eigenvalue weighted by Gasteiger charge is -2.28. The summed E-state index contributed by atoms with van der Waals surface area (Å²) >= 11 is 0. The van der Waals surface area contributed by atoms with Crippen LogP contribution < -0.4 is 5.32 Å². The molecule has 1 fully saturated rings. The summed E-state index contributed by atoms with van der Waals surface area (Å²) in [5.74, 6) is 0. The Morgan fingerprint density at radius 2 is 1.93 bits per heavy atom. The average Bonchev–Trinajstić information content (AvgIpc) is 2.77. The Balaban J connectivity index is 2.04. The van der Waals surface area contributed by atoms with E-state index >= 15 is 0 Å². The molecule has 1 aromatic carbocycles. The largest absolute Gasteiger partial charge is 0.386 e. The maximum Gasteiger partial charge on any atom is 0.104 e. The van der Waals surface area contributed by atoms with E-state index in [0.29, 0.717) is 0 Å². The van der Waals surface area contributed by atoms with Crippen LogP contribution in [0, 0.1) is 0 Å². The molecule has 1 spiro atoms. The third kappa shape index (κ3) is 0.947. The number of aliphatic hydroxyl groups is 1. The number of aliphatic hydroxyl groups excluding tert-OH is 1. The maximum absolute atomic E-state index is 10.3. The van der Waals surface area contributed by atoms with Gasteiger partial charge in [-0.2, -0.15) is 0 Å². The second kappa shape index (κ2) is 2.74. The molecule has 3 rings (SSSR count). The van der Waals surface area contributed by atoms with E-state index in [4.69, 9.17) is 0 Å². The summed E-state index contributed by atoms with van der Waals surface area (Å²) in [5, 5.41) is 13.8. The van der Waals surface area contributed by atoms with Crippen LogP contribution in [0.5, 0.6) is 0 Å². The van der Waals surface area contributed by atoms with Crippen LogP contribution in [0.15, 0.2) is 24.3 Å². The van der Waals surface area contributed by atoms with Gasteiger partial charge in [-0.05, 0) is 18.9 Å². The highest BCUT2D eigenvalue weighted by Gasteiger charge is 2.46. The van der Waals surface area contributed by atoms with Crippen molar-refractivity contribution in [3.05, 3.63) is 29.8 Å². The number of para-hydroxylation sites is 1. The molecule has 0 radical (unpaired) electrons. The predicted octanol–water partition coefficient (Wildman–Crippen LogP) is 2.46. The smallest absolute Gasteiger partial charge is 0.104 e. The zero-order valence-electron chi connectivity index (χ0n) is 8.16. The lowest BCUT2D eigenvalue weighted by atomic mass is 9.90. The Morgan fingerprint density at radius 1 is 1.21 bits per heavy atom. The van der Waals surface area contributed by atoms with E-state index in [2.05, 4.69) is 11.4 Å². The van der Waals surface area contributed by atoms with Gasteiger partial charge in [0.2, 0.25) is 0 Å². The van der Waals surface area contributed by atoms with Crippen LogP contribution in [-0.4, -0.2) is 10.6 Å². The summed E-state index contributed by atoms with van der Waals surface area (Å²) in [4.78, 5) is 0. The molecule has 74 valence electrons. The van der Waals surface area contributed by atoms with Crippen molar-refractivity contribution < 1.29 is 5.11 Å². The van der Waals surface area contributed by atoms with Crippen LogP contribution in [0.4, 0.5) is 5.69 Å². The molecule has 2 heteroatoms. The molecule has 2 N–H and O–H groups in total. The van der Waals surface area contributed by atoms with Crippen molar-refractivity contribution in [1.82, 2.24) is 0 Å². The van der Waals surface area contributed by atoms with Gasteiger partial charge in [-0.25, -0.2) is 0 Å². The van der Waals surface area contributed by atoms with Gasteiger partial charge in [0.25, 0.3) is 0 Å². The highest BCUT2D eigenvalue weighted by Crippen LogP contribution is 2.49. The zero-order chi connectivity index (χ0) is 9.60. The van der Waals surface area contributed by atoms with E-state index in [-0.39, 0.29) is 11.6 Å². The van der Waals surface area contributed by atoms with Gasteiger partial charge < -0.3 is 10.4 Å². The molecule has 1 atom stereocenters. The van der Waals surface area contributed by atoms with Gasteiger partial charge in [0.15, 0.2) is 0 Å². The van der Waals surface area contributed by atoms with E-state index in [9.17, 15) is 5.11 Å². The lowest BCUT2D eigenvalue weighted by molar-refractivity contribution is 0.111. The fourth-order valence-electron chi connectivity index (χ4n) is 2.89.